The maximum atomic E-state index is 13.1. The summed E-state index contributed by atoms with van der Waals surface area (Å²) < 4.78 is 13.1. The van der Waals surface area contributed by atoms with E-state index in [-0.39, 0.29) is 18.0 Å². The average molecular weight is 335 g/mol. The summed E-state index contributed by atoms with van der Waals surface area (Å²) in [6.07, 6.45) is 2.36. The molecule has 122 valence electrons. The molecule has 0 aliphatic heterocycles. The zero-order valence-corrected chi connectivity index (χ0v) is 13.7. The number of amides is 2. The third kappa shape index (κ3) is 4.35. The van der Waals surface area contributed by atoms with Crippen LogP contribution >= 0.6 is 11.3 Å². The molecule has 0 aliphatic rings. The number of thiazole rings is 1. The van der Waals surface area contributed by atoms with Crippen molar-refractivity contribution in [2.24, 2.45) is 0 Å². The Hall–Kier alpha value is -2.28. The van der Waals surface area contributed by atoms with Crippen LogP contribution in [0.4, 0.5) is 4.39 Å². The summed E-state index contributed by atoms with van der Waals surface area (Å²) in [5, 5.41) is 8.03. The normalized spacial score (nSPS) is 13.2. The number of carbonyl (C=O) groups excluding carboxylic acids is 2. The van der Waals surface area contributed by atoms with Crippen LogP contribution in [0.3, 0.4) is 0 Å². The molecule has 0 aliphatic carbocycles. The molecule has 0 unspecified atom stereocenters. The van der Waals surface area contributed by atoms with Crippen molar-refractivity contribution in [1.82, 2.24) is 15.6 Å². The van der Waals surface area contributed by atoms with Crippen LogP contribution in [0.1, 0.15) is 35.6 Å². The first-order valence-electron chi connectivity index (χ1n) is 7.19. The second-order valence-electron chi connectivity index (χ2n) is 5.26. The Morgan fingerprint density at radius 3 is 2.78 bits per heavy atom. The second-order valence-corrected chi connectivity index (χ2v) is 6.16. The molecule has 5 nitrogen and oxygen atoms in total. The van der Waals surface area contributed by atoms with Crippen molar-refractivity contribution in [3.05, 3.63) is 52.2 Å². The minimum atomic E-state index is -0.575. The highest BCUT2D eigenvalue weighted by Gasteiger charge is 2.29. The van der Waals surface area contributed by atoms with Gasteiger partial charge in [0.1, 0.15) is 10.8 Å². The van der Waals surface area contributed by atoms with Gasteiger partial charge in [0.15, 0.2) is 0 Å². The Morgan fingerprint density at radius 1 is 1.39 bits per heavy atom. The molecule has 1 aromatic carbocycles. The minimum absolute atomic E-state index is 0.177. The number of nitrogens with zero attached hydrogens (tertiary/aromatic N) is 1. The summed E-state index contributed by atoms with van der Waals surface area (Å²) >= 11 is 1.46. The van der Waals surface area contributed by atoms with Gasteiger partial charge in [-0.25, -0.2) is 9.37 Å². The predicted molar refractivity (Wildman–Crippen MR) is 86.6 cm³/mol. The van der Waals surface area contributed by atoms with E-state index >= 15 is 0 Å². The van der Waals surface area contributed by atoms with E-state index in [9.17, 15) is 14.0 Å². The van der Waals surface area contributed by atoms with Gasteiger partial charge in [0.2, 0.25) is 5.91 Å². The fourth-order valence-corrected chi connectivity index (χ4v) is 2.86. The fourth-order valence-electron chi connectivity index (χ4n) is 2.03. The number of halogens is 1. The molecule has 0 saturated heterocycles. The minimum Gasteiger partial charge on any atom is -0.343 e. The van der Waals surface area contributed by atoms with Gasteiger partial charge in [-0.2, -0.15) is 0 Å². The summed E-state index contributed by atoms with van der Waals surface area (Å²) in [5.41, 5.74) is -0.398. The fraction of sp³-hybridized carbons (Fsp3) is 0.312. The molecule has 0 fully saturated rings. The highest BCUT2D eigenvalue weighted by molar-refractivity contribution is 7.09. The van der Waals surface area contributed by atoms with Gasteiger partial charge >= 0.3 is 0 Å². The lowest BCUT2D eigenvalue weighted by Gasteiger charge is -2.27. The predicted octanol–water partition coefficient (Wildman–Crippen LogP) is 2.45. The molecule has 7 heteroatoms. The van der Waals surface area contributed by atoms with Gasteiger partial charge < -0.3 is 10.6 Å². The first-order valence-corrected chi connectivity index (χ1v) is 8.07. The van der Waals surface area contributed by atoms with Crippen LogP contribution in [0.5, 0.6) is 0 Å². The molecule has 2 amide bonds. The van der Waals surface area contributed by atoms with Gasteiger partial charge in [-0.05, 0) is 31.5 Å². The van der Waals surface area contributed by atoms with E-state index in [4.69, 9.17) is 0 Å². The zero-order chi connectivity index (χ0) is 16.9. The van der Waals surface area contributed by atoms with Crippen molar-refractivity contribution in [2.75, 3.05) is 6.54 Å². The largest absolute Gasteiger partial charge is 0.343 e. The summed E-state index contributed by atoms with van der Waals surface area (Å²) in [4.78, 5) is 28.2. The number of hydrogen-bond donors (Lipinski definition) is 2. The van der Waals surface area contributed by atoms with Gasteiger partial charge in [-0.3, -0.25) is 9.59 Å². The molecular formula is C16H18FN3O2S. The van der Waals surface area contributed by atoms with E-state index < -0.39 is 17.3 Å². The van der Waals surface area contributed by atoms with Crippen LogP contribution in [0.15, 0.2) is 35.8 Å². The molecular weight excluding hydrogens is 317 g/mol. The van der Waals surface area contributed by atoms with Crippen molar-refractivity contribution >= 4 is 23.2 Å². The molecule has 2 rings (SSSR count). The average Bonchev–Trinajstić information content (AvgIpc) is 3.07. The van der Waals surface area contributed by atoms with Crippen LogP contribution in [-0.2, 0) is 10.3 Å². The number of rotatable bonds is 6. The Morgan fingerprint density at radius 2 is 2.17 bits per heavy atom. The first-order chi connectivity index (χ1) is 10.9. The third-order valence-corrected chi connectivity index (χ3v) is 4.56. The second kappa shape index (κ2) is 7.32. The molecule has 1 aromatic heterocycles. The summed E-state index contributed by atoms with van der Waals surface area (Å²) in [6.45, 7) is 3.65. The maximum absolute atomic E-state index is 13.1. The monoisotopic (exact) mass is 335 g/mol. The van der Waals surface area contributed by atoms with Crippen molar-refractivity contribution in [3.63, 3.8) is 0 Å². The lowest BCUT2D eigenvalue weighted by atomic mass is 10.00. The quantitative estimate of drug-likeness (QED) is 0.852. The Balaban J connectivity index is 1.93. The molecule has 0 spiro atoms. The van der Waals surface area contributed by atoms with Crippen molar-refractivity contribution in [2.45, 2.75) is 25.8 Å². The highest BCUT2D eigenvalue weighted by atomic mass is 32.1. The third-order valence-electron chi connectivity index (χ3n) is 3.52. The Kier molecular flexibility index (Phi) is 5.44. The number of benzene rings is 1. The summed E-state index contributed by atoms with van der Waals surface area (Å²) in [6, 6.07) is 5.31. The van der Waals surface area contributed by atoms with E-state index in [1.807, 2.05) is 19.2 Å². The lowest BCUT2D eigenvalue weighted by molar-refractivity contribution is -0.122. The van der Waals surface area contributed by atoms with Crippen molar-refractivity contribution in [3.8, 4) is 0 Å². The smallest absolute Gasteiger partial charge is 0.251 e. The van der Waals surface area contributed by atoms with Gasteiger partial charge in [0.25, 0.3) is 5.91 Å². The molecule has 2 N–H and O–H groups in total. The Bertz CT molecular complexity index is 690. The van der Waals surface area contributed by atoms with Crippen LogP contribution in [-0.4, -0.2) is 23.3 Å². The topological polar surface area (TPSA) is 71.1 Å². The molecule has 0 radical (unpaired) electrons. The zero-order valence-electron chi connectivity index (χ0n) is 12.9. The van der Waals surface area contributed by atoms with Crippen molar-refractivity contribution < 1.29 is 14.0 Å². The van der Waals surface area contributed by atoms with E-state index in [0.29, 0.717) is 6.42 Å². The molecule has 23 heavy (non-hydrogen) atoms. The summed E-state index contributed by atoms with van der Waals surface area (Å²) in [7, 11) is 0. The van der Waals surface area contributed by atoms with Crippen LogP contribution in [0, 0.1) is 5.82 Å². The molecule has 1 heterocycles. The van der Waals surface area contributed by atoms with Gasteiger partial charge in [-0.15, -0.1) is 11.3 Å². The molecule has 1 atom stereocenters. The number of aromatic nitrogens is 1. The van der Waals surface area contributed by atoms with Gasteiger partial charge in [-0.1, -0.05) is 13.0 Å². The van der Waals surface area contributed by atoms with Gasteiger partial charge in [0, 0.05) is 17.1 Å². The molecule has 0 bridgehead atoms. The molecule has 2 aromatic rings. The van der Waals surface area contributed by atoms with Gasteiger partial charge in [0.05, 0.1) is 12.1 Å². The lowest BCUT2D eigenvalue weighted by Crippen LogP contribution is -2.47. The maximum Gasteiger partial charge on any atom is 0.251 e. The van der Waals surface area contributed by atoms with Crippen LogP contribution in [0.2, 0.25) is 0 Å². The summed E-state index contributed by atoms with van der Waals surface area (Å²) in [5.74, 6) is -1.31. The van der Waals surface area contributed by atoms with E-state index in [1.165, 1.54) is 29.5 Å². The van der Waals surface area contributed by atoms with Crippen LogP contribution < -0.4 is 10.6 Å². The highest BCUT2D eigenvalue weighted by Crippen LogP contribution is 2.25. The van der Waals surface area contributed by atoms with Crippen molar-refractivity contribution in [1.29, 1.82) is 0 Å². The number of hydrogen-bond acceptors (Lipinski definition) is 4. The van der Waals surface area contributed by atoms with E-state index in [0.717, 1.165) is 11.1 Å². The Labute approximate surface area is 137 Å². The van der Waals surface area contributed by atoms with Crippen LogP contribution in [0.25, 0.3) is 0 Å². The number of carbonyl (C=O) groups is 2. The number of nitrogens with one attached hydrogen (secondary N) is 2. The SMILES string of the molecule is CC[C@](C)(NC(=O)CNC(=O)c1cccc(F)c1)c1nccs1. The van der Waals surface area contributed by atoms with E-state index in [1.54, 1.807) is 6.20 Å². The molecule has 0 saturated carbocycles. The standard InChI is InChI=1S/C16H18FN3O2S/c1-3-16(2,15-18-7-8-23-15)20-13(21)10-19-14(22)11-5-4-6-12(17)9-11/h4-9H,3,10H2,1-2H3,(H,19,22)(H,20,21)/t16-/m0/s1. The van der Waals surface area contributed by atoms with E-state index in [2.05, 4.69) is 15.6 Å². The first kappa shape index (κ1) is 17.1.